The van der Waals surface area contributed by atoms with Gasteiger partial charge in [-0.05, 0) is 30.4 Å². The Bertz CT molecular complexity index is 549. The normalized spacial score (nSPS) is 10.4. The van der Waals surface area contributed by atoms with Gasteiger partial charge >= 0.3 is 0 Å². The van der Waals surface area contributed by atoms with Gasteiger partial charge in [0.25, 0.3) is 0 Å². The third kappa shape index (κ3) is 2.62. The summed E-state index contributed by atoms with van der Waals surface area (Å²) in [6.45, 7) is 0.338. The second-order valence-corrected chi connectivity index (χ2v) is 4.06. The summed E-state index contributed by atoms with van der Waals surface area (Å²) in [5, 5.41) is 3.62. The first-order chi connectivity index (χ1) is 7.65. The molecule has 84 valence electrons. The standard InChI is InChI=1S/C10H10ClN3OS/c1-14-10(16)12-9(13-14)6-15-8-4-2-3-7(11)5-8/h2-5H,6H2,1H3,(H,12,13,16). The largest absolute Gasteiger partial charge is 0.486 e. The summed E-state index contributed by atoms with van der Waals surface area (Å²) in [5.74, 6) is 1.39. The number of aryl methyl sites for hydroxylation is 1. The Balaban J connectivity index is 2.05. The van der Waals surface area contributed by atoms with E-state index < -0.39 is 0 Å². The SMILES string of the molecule is Cn1[nH]c(COc2cccc(Cl)c2)nc1=S. The first kappa shape index (κ1) is 11.2. The summed E-state index contributed by atoms with van der Waals surface area (Å²) < 4.78 is 7.67. The van der Waals surface area contributed by atoms with E-state index in [-0.39, 0.29) is 0 Å². The van der Waals surface area contributed by atoms with E-state index in [1.165, 1.54) is 0 Å². The number of benzene rings is 1. The molecule has 0 unspecified atom stereocenters. The fourth-order valence-electron chi connectivity index (χ4n) is 1.23. The van der Waals surface area contributed by atoms with Crippen LogP contribution in [0.25, 0.3) is 0 Å². The van der Waals surface area contributed by atoms with Crippen molar-refractivity contribution in [2.45, 2.75) is 6.61 Å². The second-order valence-electron chi connectivity index (χ2n) is 3.26. The van der Waals surface area contributed by atoms with Crippen LogP contribution in [0.2, 0.25) is 5.02 Å². The predicted molar refractivity (Wildman–Crippen MR) is 64.2 cm³/mol. The lowest BCUT2D eigenvalue weighted by atomic mass is 10.3. The molecule has 0 saturated carbocycles. The number of ether oxygens (including phenoxy) is 1. The topological polar surface area (TPSA) is 42.8 Å². The molecule has 0 aliphatic carbocycles. The van der Waals surface area contributed by atoms with E-state index in [4.69, 9.17) is 28.6 Å². The number of hydrogen-bond acceptors (Lipinski definition) is 3. The van der Waals surface area contributed by atoms with Crippen LogP contribution in [-0.2, 0) is 13.7 Å². The van der Waals surface area contributed by atoms with Crippen molar-refractivity contribution in [3.63, 3.8) is 0 Å². The lowest BCUT2D eigenvalue weighted by Crippen LogP contribution is -1.98. The predicted octanol–water partition coefficient (Wildman–Crippen LogP) is 2.71. The molecule has 4 nitrogen and oxygen atoms in total. The van der Waals surface area contributed by atoms with E-state index in [0.29, 0.717) is 28.0 Å². The maximum atomic E-state index is 5.83. The smallest absolute Gasteiger partial charge is 0.215 e. The summed E-state index contributed by atoms with van der Waals surface area (Å²) in [7, 11) is 1.80. The number of hydrogen-bond donors (Lipinski definition) is 1. The number of aromatic nitrogens is 3. The van der Waals surface area contributed by atoms with E-state index in [0.717, 1.165) is 0 Å². The monoisotopic (exact) mass is 255 g/mol. The first-order valence-electron chi connectivity index (χ1n) is 4.65. The molecule has 2 rings (SSSR count). The molecule has 0 atom stereocenters. The maximum Gasteiger partial charge on any atom is 0.215 e. The molecule has 1 aromatic heterocycles. The second kappa shape index (κ2) is 4.67. The van der Waals surface area contributed by atoms with Gasteiger partial charge in [0.15, 0.2) is 5.82 Å². The van der Waals surface area contributed by atoms with E-state index >= 15 is 0 Å². The fourth-order valence-corrected chi connectivity index (χ4v) is 1.57. The molecule has 0 radical (unpaired) electrons. The van der Waals surface area contributed by atoms with Crippen LogP contribution in [0.1, 0.15) is 5.82 Å². The van der Waals surface area contributed by atoms with Crippen molar-refractivity contribution < 1.29 is 4.74 Å². The fraction of sp³-hybridized carbons (Fsp3) is 0.200. The molecule has 2 aromatic rings. The van der Waals surface area contributed by atoms with Gasteiger partial charge in [0.1, 0.15) is 12.4 Å². The zero-order valence-electron chi connectivity index (χ0n) is 8.61. The molecule has 0 aliphatic heterocycles. The Labute approximate surface area is 103 Å². The van der Waals surface area contributed by atoms with Crippen LogP contribution in [0, 0.1) is 4.77 Å². The zero-order chi connectivity index (χ0) is 11.5. The molecule has 16 heavy (non-hydrogen) atoms. The number of H-pyrrole nitrogens is 1. The molecule has 6 heteroatoms. The summed E-state index contributed by atoms with van der Waals surface area (Å²) in [6, 6.07) is 7.21. The molecular weight excluding hydrogens is 246 g/mol. The number of nitrogens with zero attached hydrogens (tertiary/aromatic N) is 2. The summed E-state index contributed by atoms with van der Waals surface area (Å²) in [6.07, 6.45) is 0. The van der Waals surface area contributed by atoms with Crippen molar-refractivity contribution in [3.8, 4) is 5.75 Å². The minimum atomic E-state index is 0.338. The molecule has 0 bridgehead atoms. The minimum Gasteiger partial charge on any atom is -0.486 e. The van der Waals surface area contributed by atoms with E-state index in [9.17, 15) is 0 Å². The van der Waals surface area contributed by atoms with E-state index in [2.05, 4.69) is 10.1 Å². The third-order valence-electron chi connectivity index (χ3n) is 1.99. The Hall–Kier alpha value is -1.33. The number of nitrogens with one attached hydrogen (secondary N) is 1. The molecule has 0 aliphatic rings. The van der Waals surface area contributed by atoms with Gasteiger partial charge in [0.05, 0.1) is 0 Å². The van der Waals surface area contributed by atoms with Crippen LogP contribution in [0.3, 0.4) is 0 Å². The molecule has 0 saturated heterocycles. The Morgan fingerprint density at radius 3 is 3.00 bits per heavy atom. The highest BCUT2D eigenvalue weighted by Crippen LogP contribution is 2.17. The Morgan fingerprint density at radius 2 is 2.38 bits per heavy atom. The van der Waals surface area contributed by atoms with Crippen LogP contribution < -0.4 is 4.74 Å². The molecular formula is C10H10ClN3OS. The molecule has 0 fully saturated rings. The summed E-state index contributed by atoms with van der Waals surface area (Å²) in [4.78, 5) is 4.11. The van der Waals surface area contributed by atoms with Gasteiger partial charge in [-0.25, -0.2) is 4.98 Å². The highest BCUT2D eigenvalue weighted by Gasteiger charge is 2.01. The van der Waals surface area contributed by atoms with Crippen LogP contribution >= 0.6 is 23.8 Å². The Morgan fingerprint density at radius 1 is 1.56 bits per heavy atom. The van der Waals surface area contributed by atoms with Crippen molar-refractivity contribution in [1.82, 2.24) is 14.8 Å². The van der Waals surface area contributed by atoms with Crippen molar-refractivity contribution in [2.24, 2.45) is 7.05 Å². The molecule has 0 amide bonds. The zero-order valence-corrected chi connectivity index (χ0v) is 10.2. The van der Waals surface area contributed by atoms with E-state index in [1.807, 2.05) is 12.1 Å². The van der Waals surface area contributed by atoms with E-state index in [1.54, 1.807) is 23.9 Å². The third-order valence-corrected chi connectivity index (χ3v) is 2.59. The highest BCUT2D eigenvalue weighted by molar-refractivity contribution is 7.71. The lowest BCUT2D eigenvalue weighted by Gasteiger charge is -2.03. The van der Waals surface area contributed by atoms with Crippen LogP contribution in [0.15, 0.2) is 24.3 Å². The van der Waals surface area contributed by atoms with Gasteiger partial charge < -0.3 is 4.74 Å². The van der Waals surface area contributed by atoms with Gasteiger partial charge in [-0.2, -0.15) is 0 Å². The van der Waals surface area contributed by atoms with Crippen LogP contribution in [0.4, 0.5) is 0 Å². The Kier molecular flexibility index (Phi) is 3.26. The molecule has 1 aromatic carbocycles. The van der Waals surface area contributed by atoms with Gasteiger partial charge in [0, 0.05) is 12.1 Å². The quantitative estimate of drug-likeness (QED) is 0.858. The minimum absolute atomic E-state index is 0.338. The van der Waals surface area contributed by atoms with Gasteiger partial charge in [-0.3, -0.25) is 9.78 Å². The average molecular weight is 256 g/mol. The van der Waals surface area contributed by atoms with Crippen molar-refractivity contribution in [1.29, 1.82) is 0 Å². The van der Waals surface area contributed by atoms with Crippen molar-refractivity contribution in [3.05, 3.63) is 39.9 Å². The van der Waals surface area contributed by atoms with Gasteiger partial charge in [-0.1, -0.05) is 17.7 Å². The molecule has 1 heterocycles. The van der Waals surface area contributed by atoms with Crippen LogP contribution in [0.5, 0.6) is 5.75 Å². The van der Waals surface area contributed by atoms with Gasteiger partial charge in [0.2, 0.25) is 4.77 Å². The number of rotatable bonds is 3. The molecule has 0 spiro atoms. The average Bonchev–Trinajstić information content (AvgIpc) is 2.56. The molecule has 1 N–H and O–H groups in total. The van der Waals surface area contributed by atoms with Crippen LogP contribution in [-0.4, -0.2) is 14.8 Å². The van der Waals surface area contributed by atoms with Gasteiger partial charge in [-0.15, -0.1) is 0 Å². The van der Waals surface area contributed by atoms with Crippen molar-refractivity contribution >= 4 is 23.8 Å². The summed E-state index contributed by atoms with van der Waals surface area (Å²) in [5.41, 5.74) is 0. The lowest BCUT2D eigenvalue weighted by molar-refractivity contribution is 0.295. The highest BCUT2D eigenvalue weighted by atomic mass is 35.5. The summed E-state index contributed by atoms with van der Waals surface area (Å²) >= 11 is 10.8. The maximum absolute atomic E-state index is 5.83. The number of halogens is 1. The van der Waals surface area contributed by atoms with Crippen molar-refractivity contribution in [2.75, 3.05) is 0 Å². The first-order valence-corrected chi connectivity index (χ1v) is 5.44. The number of aromatic amines is 1.